The van der Waals surface area contributed by atoms with Crippen LogP contribution in [-0.2, 0) is 9.57 Å². The summed E-state index contributed by atoms with van der Waals surface area (Å²) >= 11 is 0. The van der Waals surface area contributed by atoms with Crippen molar-refractivity contribution in [1.82, 2.24) is 0 Å². The molecule has 0 aliphatic carbocycles. The molecule has 0 amide bonds. The molecule has 0 fully saturated rings. The van der Waals surface area contributed by atoms with Gasteiger partial charge in [-0.1, -0.05) is 78.0 Å². The summed E-state index contributed by atoms with van der Waals surface area (Å²) in [4.78, 5) is 16.8. The Bertz CT molecular complexity index is 1190. The molecule has 0 saturated carbocycles. The third-order valence-electron chi connectivity index (χ3n) is 4.76. The van der Waals surface area contributed by atoms with E-state index in [1.165, 1.54) is 7.11 Å². The number of halogens is 5. The van der Waals surface area contributed by atoms with E-state index in [1.807, 2.05) is 30.3 Å². The molecule has 3 aromatic carbocycles. The van der Waals surface area contributed by atoms with Gasteiger partial charge in [0.15, 0.2) is 23.3 Å². The second-order valence-electron chi connectivity index (χ2n) is 6.98. The summed E-state index contributed by atoms with van der Waals surface area (Å²) in [7, 11) is 1.45. The van der Waals surface area contributed by atoms with Crippen LogP contribution >= 0.6 is 0 Å². The molecule has 0 aliphatic rings. The number of carbonyl (C=O) groups is 1. The van der Waals surface area contributed by atoms with E-state index in [0.29, 0.717) is 5.56 Å². The minimum Gasteiger partial charge on any atom is -0.377 e. The van der Waals surface area contributed by atoms with Crippen molar-refractivity contribution in [2.45, 2.75) is 12.5 Å². The van der Waals surface area contributed by atoms with E-state index >= 15 is 0 Å². The van der Waals surface area contributed by atoms with Gasteiger partial charge in [0, 0.05) is 13.5 Å². The topological polar surface area (TPSA) is 47.9 Å². The minimum atomic E-state index is -2.38. The summed E-state index contributed by atoms with van der Waals surface area (Å²) in [5.41, 5.74) is -0.203. The van der Waals surface area contributed by atoms with Crippen LogP contribution in [0.5, 0.6) is 0 Å². The summed E-state index contributed by atoms with van der Waals surface area (Å²) in [6.45, 7) is 0. The Balaban J connectivity index is 1.89. The summed E-state index contributed by atoms with van der Waals surface area (Å²) in [5.74, 6) is -13.4. The van der Waals surface area contributed by atoms with Gasteiger partial charge in [0.25, 0.3) is 0 Å². The van der Waals surface area contributed by atoms with Crippen molar-refractivity contribution < 1.29 is 36.3 Å². The lowest BCUT2D eigenvalue weighted by Gasteiger charge is -2.13. The van der Waals surface area contributed by atoms with E-state index in [4.69, 9.17) is 4.74 Å². The third-order valence-corrected chi connectivity index (χ3v) is 4.76. The first-order chi connectivity index (χ1) is 16.3. The fourth-order valence-electron chi connectivity index (χ4n) is 2.97. The number of nitrogens with zero attached hydrogens (tertiary/aromatic N) is 1. The maximum atomic E-state index is 13.9. The van der Waals surface area contributed by atoms with Crippen molar-refractivity contribution in [2.75, 3.05) is 7.11 Å². The first kappa shape index (κ1) is 24.8. The number of rotatable bonds is 8. The molecule has 1 unspecified atom stereocenters. The van der Waals surface area contributed by atoms with Gasteiger partial charge in [0.05, 0.1) is 11.8 Å². The Kier molecular flexibility index (Phi) is 8.26. The van der Waals surface area contributed by atoms with Crippen molar-refractivity contribution >= 4 is 17.8 Å². The molecule has 9 heteroatoms. The maximum Gasteiger partial charge on any atom is 0.371 e. The Morgan fingerprint density at radius 3 is 1.94 bits per heavy atom. The monoisotopic (exact) mass is 475 g/mol. The van der Waals surface area contributed by atoms with Gasteiger partial charge < -0.3 is 9.57 Å². The second kappa shape index (κ2) is 11.3. The molecule has 0 radical (unpaired) electrons. The highest BCUT2D eigenvalue weighted by atomic mass is 19.2. The molecule has 0 aliphatic heterocycles. The van der Waals surface area contributed by atoms with Crippen molar-refractivity contribution in [3.05, 3.63) is 113 Å². The highest BCUT2D eigenvalue weighted by Gasteiger charge is 2.31. The predicted molar refractivity (Wildman–Crippen MR) is 116 cm³/mol. The summed E-state index contributed by atoms with van der Waals surface area (Å²) in [6.07, 6.45) is 3.05. The molecule has 0 saturated heterocycles. The first-order valence-electron chi connectivity index (χ1n) is 9.94. The number of hydrogen-bond donors (Lipinski definition) is 0. The SMILES string of the molecule is COC(/C=C/c1ccccc1)C/C(=N/OC(=O)c1c(F)c(F)c(F)c(F)c1F)c1ccccc1. The van der Waals surface area contributed by atoms with Crippen LogP contribution in [-0.4, -0.2) is 24.9 Å². The van der Waals surface area contributed by atoms with Crippen LogP contribution in [0.2, 0.25) is 0 Å². The zero-order chi connectivity index (χ0) is 24.7. The van der Waals surface area contributed by atoms with Gasteiger partial charge in [0.1, 0.15) is 5.56 Å². The highest BCUT2D eigenvalue weighted by Crippen LogP contribution is 2.24. The van der Waals surface area contributed by atoms with E-state index in [9.17, 15) is 26.7 Å². The van der Waals surface area contributed by atoms with Crippen LogP contribution in [0.3, 0.4) is 0 Å². The lowest BCUT2D eigenvalue weighted by molar-refractivity contribution is 0.0498. The quantitative estimate of drug-likeness (QED) is 0.0994. The van der Waals surface area contributed by atoms with Crippen LogP contribution in [0.4, 0.5) is 22.0 Å². The molecule has 34 heavy (non-hydrogen) atoms. The molecule has 0 bridgehead atoms. The molecule has 3 rings (SSSR count). The summed E-state index contributed by atoms with van der Waals surface area (Å²) < 4.78 is 73.4. The van der Waals surface area contributed by atoms with E-state index < -0.39 is 46.7 Å². The van der Waals surface area contributed by atoms with E-state index in [2.05, 4.69) is 9.99 Å². The van der Waals surface area contributed by atoms with Gasteiger partial charge in [-0.25, -0.2) is 26.7 Å². The summed E-state index contributed by atoms with van der Waals surface area (Å²) in [5, 5.41) is 3.66. The fraction of sp³-hybridized carbons (Fsp3) is 0.120. The lowest BCUT2D eigenvalue weighted by atomic mass is 10.0. The van der Waals surface area contributed by atoms with Gasteiger partial charge >= 0.3 is 5.97 Å². The lowest BCUT2D eigenvalue weighted by Crippen LogP contribution is -2.17. The Labute approximate surface area is 191 Å². The molecule has 3 aromatic rings. The molecule has 0 aromatic heterocycles. The van der Waals surface area contributed by atoms with Gasteiger partial charge in [-0.15, -0.1) is 0 Å². The number of carbonyl (C=O) groups excluding carboxylic acids is 1. The average Bonchev–Trinajstić information content (AvgIpc) is 2.87. The Hall–Kier alpha value is -3.85. The smallest absolute Gasteiger partial charge is 0.371 e. The van der Waals surface area contributed by atoms with Crippen molar-refractivity contribution in [3.63, 3.8) is 0 Å². The van der Waals surface area contributed by atoms with Crippen LogP contribution < -0.4 is 0 Å². The van der Waals surface area contributed by atoms with Crippen molar-refractivity contribution in [3.8, 4) is 0 Å². The molecule has 0 heterocycles. The zero-order valence-electron chi connectivity index (χ0n) is 17.8. The molecular formula is C25H18F5NO3. The molecule has 176 valence electrons. The van der Waals surface area contributed by atoms with E-state index in [0.717, 1.165) is 5.56 Å². The van der Waals surface area contributed by atoms with E-state index in [-0.39, 0.29) is 12.1 Å². The minimum absolute atomic E-state index is 0.0637. The van der Waals surface area contributed by atoms with Gasteiger partial charge in [-0.2, -0.15) is 0 Å². The highest BCUT2D eigenvalue weighted by molar-refractivity contribution is 6.01. The number of ether oxygens (including phenoxy) is 1. The van der Waals surface area contributed by atoms with Crippen LogP contribution in [0.25, 0.3) is 6.08 Å². The summed E-state index contributed by atoms with van der Waals surface area (Å²) in [6, 6.07) is 17.7. The molecule has 0 N–H and O–H groups in total. The van der Waals surface area contributed by atoms with Crippen LogP contribution in [0.15, 0.2) is 71.9 Å². The second-order valence-corrected chi connectivity index (χ2v) is 6.98. The van der Waals surface area contributed by atoms with Crippen LogP contribution in [0.1, 0.15) is 27.9 Å². The Morgan fingerprint density at radius 2 is 1.38 bits per heavy atom. The van der Waals surface area contributed by atoms with Crippen LogP contribution in [0, 0.1) is 29.1 Å². The number of oxime groups is 1. The largest absolute Gasteiger partial charge is 0.377 e. The standard InChI is InChI=1S/C25H18F5NO3/c1-33-17(13-12-15-8-4-2-5-9-15)14-18(16-10-6-3-7-11-16)31-34-25(32)19-20(26)22(28)24(30)23(29)21(19)27/h2-13,17H,14H2,1H3/b13-12+,31-18-. The Morgan fingerprint density at radius 1 is 0.853 bits per heavy atom. The van der Waals surface area contributed by atoms with Gasteiger partial charge in [-0.3, -0.25) is 0 Å². The molecule has 1 atom stereocenters. The van der Waals surface area contributed by atoms with Gasteiger partial charge in [0.2, 0.25) is 5.82 Å². The molecular weight excluding hydrogens is 457 g/mol. The van der Waals surface area contributed by atoms with E-state index in [1.54, 1.807) is 42.5 Å². The zero-order valence-corrected chi connectivity index (χ0v) is 17.8. The van der Waals surface area contributed by atoms with Crippen molar-refractivity contribution in [1.29, 1.82) is 0 Å². The average molecular weight is 475 g/mol. The number of benzene rings is 3. The maximum absolute atomic E-state index is 13.9. The normalized spacial score (nSPS) is 12.7. The number of methoxy groups -OCH3 is 1. The predicted octanol–water partition coefficient (Wildman–Crippen LogP) is 6.06. The van der Waals surface area contributed by atoms with Crippen molar-refractivity contribution in [2.24, 2.45) is 5.16 Å². The first-order valence-corrected chi connectivity index (χ1v) is 9.94. The third kappa shape index (κ3) is 5.74. The molecule has 0 spiro atoms. The number of hydrogen-bond acceptors (Lipinski definition) is 4. The van der Waals surface area contributed by atoms with Gasteiger partial charge in [-0.05, 0) is 11.1 Å². The molecule has 4 nitrogen and oxygen atoms in total. The fourth-order valence-corrected chi connectivity index (χ4v) is 2.97.